The van der Waals surface area contributed by atoms with Crippen molar-refractivity contribution in [1.82, 2.24) is 15.0 Å². The first kappa shape index (κ1) is 13.1. The van der Waals surface area contributed by atoms with E-state index in [1.54, 1.807) is 18.2 Å². The second kappa shape index (κ2) is 5.20. The summed E-state index contributed by atoms with van der Waals surface area (Å²) in [5.74, 6) is 0.597. The molecule has 3 aromatic rings. The molecule has 1 aromatic carbocycles. The predicted molar refractivity (Wildman–Crippen MR) is 78.2 cm³/mol. The minimum Gasteiger partial charge on any atom is -0.478 e. The van der Waals surface area contributed by atoms with Crippen LogP contribution in [0, 0.1) is 5.82 Å². The Morgan fingerprint density at radius 1 is 1.25 bits per heavy atom. The Kier molecular flexibility index (Phi) is 3.40. The van der Waals surface area contributed by atoms with Crippen molar-refractivity contribution in [2.75, 3.05) is 6.61 Å². The SMILES string of the molecule is CCOc1ccc2[nH]c(-c3c(F)cccc3Br)nc2n1. The molecule has 2 heterocycles. The zero-order chi connectivity index (χ0) is 14.1. The topological polar surface area (TPSA) is 50.8 Å². The first-order chi connectivity index (χ1) is 9.69. The first-order valence-corrected chi connectivity index (χ1v) is 6.92. The van der Waals surface area contributed by atoms with Crippen LogP contribution in [0.5, 0.6) is 5.88 Å². The minimum absolute atomic E-state index is 0.344. The Morgan fingerprint density at radius 2 is 2.10 bits per heavy atom. The van der Waals surface area contributed by atoms with Crippen molar-refractivity contribution in [3.63, 3.8) is 0 Å². The lowest BCUT2D eigenvalue weighted by Gasteiger charge is -2.01. The van der Waals surface area contributed by atoms with Crippen LogP contribution in [0.4, 0.5) is 4.39 Å². The van der Waals surface area contributed by atoms with E-state index in [9.17, 15) is 4.39 Å². The number of nitrogens with zero attached hydrogens (tertiary/aromatic N) is 2. The van der Waals surface area contributed by atoms with Crippen molar-refractivity contribution in [3.05, 3.63) is 40.6 Å². The molecule has 20 heavy (non-hydrogen) atoms. The highest BCUT2D eigenvalue weighted by Crippen LogP contribution is 2.30. The van der Waals surface area contributed by atoms with Gasteiger partial charge in [-0.3, -0.25) is 0 Å². The fraction of sp³-hybridized carbons (Fsp3) is 0.143. The first-order valence-electron chi connectivity index (χ1n) is 6.13. The van der Waals surface area contributed by atoms with E-state index in [-0.39, 0.29) is 5.82 Å². The van der Waals surface area contributed by atoms with Gasteiger partial charge in [0.1, 0.15) is 11.6 Å². The molecule has 0 bridgehead atoms. The summed E-state index contributed by atoms with van der Waals surface area (Å²) in [5.41, 5.74) is 1.63. The largest absolute Gasteiger partial charge is 0.478 e. The summed E-state index contributed by atoms with van der Waals surface area (Å²) in [4.78, 5) is 11.7. The number of hydrogen-bond acceptors (Lipinski definition) is 3. The molecule has 102 valence electrons. The normalized spacial score (nSPS) is 10.9. The van der Waals surface area contributed by atoms with Gasteiger partial charge in [-0.2, -0.15) is 4.98 Å². The maximum absolute atomic E-state index is 13.9. The highest BCUT2D eigenvalue weighted by atomic mass is 79.9. The number of halogens is 2. The second-order valence-electron chi connectivity index (χ2n) is 4.14. The van der Waals surface area contributed by atoms with Crippen LogP contribution in [-0.2, 0) is 0 Å². The molecule has 4 nitrogen and oxygen atoms in total. The van der Waals surface area contributed by atoms with E-state index in [2.05, 4.69) is 30.9 Å². The minimum atomic E-state index is -0.344. The number of rotatable bonds is 3. The van der Waals surface area contributed by atoms with Gasteiger partial charge in [0.15, 0.2) is 5.65 Å². The van der Waals surface area contributed by atoms with E-state index >= 15 is 0 Å². The Bertz CT molecular complexity index is 752. The van der Waals surface area contributed by atoms with Crippen molar-refractivity contribution < 1.29 is 9.13 Å². The number of hydrogen-bond donors (Lipinski definition) is 1. The molecule has 2 aromatic heterocycles. The molecule has 0 saturated carbocycles. The molecular formula is C14H11BrFN3O. The van der Waals surface area contributed by atoms with Gasteiger partial charge in [-0.25, -0.2) is 9.37 Å². The molecule has 0 radical (unpaired) electrons. The number of imidazole rings is 1. The molecule has 0 saturated heterocycles. The predicted octanol–water partition coefficient (Wildman–Crippen LogP) is 3.93. The van der Waals surface area contributed by atoms with Gasteiger partial charge in [-0.1, -0.05) is 6.07 Å². The van der Waals surface area contributed by atoms with Crippen molar-refractivity contribution >= 4 is 27.1 Å². The summed E-state index contributed by atoms with van der Waals surface area (Å²) in [7, 11) is 0. The Balaban J connectivity index is 2.13. The van der Waals surface area contributed by atoms with Crippen molar-refractivity contribution in [2.45, 2.75) is 6.92 Å². The molecule has 0 fully saturated rings. The monoisotopic (exact) mass is 335 g/mol. The Labute approximate surface area is 123 Å². The van der Waals surface area contributed by atoms with Crippen LogP contribution >= 0.6 is 15.9 Å². The molecule has 0 unspecified atom stereocenters. The molecular weight excluding hydrogens is 325 g/mol. The number of aromatic amines is 1. The molecule has 0 amide bonds. The van der Waals surface area contributed by atoms with E-state index in [4.69, 9.17) is 4.74 Å². The lowest BCUT2D eigenvalue weighted by atomic mass is 10.2. The number of pyridine rings is 1. The Morgan fingerprint density at radius 3 is 2.85 bits per heavy atom. The van der Waals surface area contributed by atoms with Gasteiger partial charge in [0.2, 0.25) is 5.88 Å². The van der Waals surface area contributed by atoms with Crippen LogP contribution in [0.25, 0.3) is 22.6 Å². The van der Waals surface area contributed by atoms with Crippen LogP contribution in [0.15, 0.2) is 34.8 Å². The van der Waals surface area contributed by atoms with E-state index in [1.165, 1.54) is 6.07 Å². The van der Waals surface area contributed by atoms with E-state index in [0.717, 1.165) is 5.52 Å². The van der Waals surface area contributed by atoms with Crippen LogP contribution in [-0.4, -0.2) is 21.6 Å². The summed E-state index contributed by atoms with van der Waals surface area (Å²) < 4.78 is 19.9. The molecule has 0 atom stereocenters. The number of nitrogens with one attached hydrogen (secondary N) is 1. The number of fused-ring (bicyclic) bond motifs is 1. The third kappa shape index (κ3) is 2.27. The summed E-state index contributed by atoms with van der Waals surface area (Å²) >= 11 is 3.34. The quantitative estimate of drug-likeness (QED) is 0.789. The van der Waals surface area contributed by atoms with Crippen molar-refractivity contribution in [3.8, 4) is 17.3 Å². The van der Waals surface area contributed by atoms with Gasteiger partial charge in [-0.15, -0.1) is 0 Å². The second-order valence-corrected chi connectivity index (χ2v) is 4.99. The maximum atomic E-state index is 13.9. The fourth-order valence-corrected chi connectivity index (χ4v) is 2.48. The van der Waals surface area contributed by atoms with Gasteiger partial charge < -0.3 is 9.72 Å². The summed E-state index contributed by atoms with van der Waals surface area (Å²) in [6, 6.07) is 8.37. The fourth-order valence-electron chi connectivity index (χ4n) is 1.95. The summed E-state index contributed by atoms with van der Waals surface area (Å²) in [6.07, 6.45) is 0. The molecule has 1 N–H and O–H groups in total. The molecule has 0 aliphatic heterocycles. The standard InChI is InChI=1S/C14H11BrFN3O/c1-2-20-11-7-6-10-13(18-11)19-14(17-10)12-8(15)4-3-5-9(12)16/h3-7H,2H2,1H3,(H,17,18,19). The van der Waals surface area contributed by atoms with Crippen LogP contribution in [0.3, 0.4) is 0 Å². The molecule has 3 rings (SSSR count). The highest BCUT2D eigenvalue weighted by molar-refractivity contribution is 9.10. The van der Waals surface area contributed by atoms with Crippen molar-refractivity contribution in [2.24, 2.45) is 0 Å². The van der Waals surface area contributed by atoms with Crippen molar-refractivity contribution in [1.29, 1.82) is 0 Å². The smallest absolute Gasteiger partial charge is 0.215 e. The number of H-pyrrole nitrogens is 1. The van der Waals surface area contributed by atoms with E-state index in [0.29, 0.717) is 34.0 Å². The average molecular weight is 336 g/mol. The number of ether oxygens (including phenoxy) is 1. The lowest BCUT2D eigenvalue weighted by molar-refractivity contribution is 0.328. The van der Waals surface area contributed by atoms with Gasteiger partial charge >= 0.3 is 0 Å². The van der Waals surface area contributed by atoms with E-state index < -0.39 is 0 Å². The number of aromatic nitrogens is 3. The van der Waals surface area contributed by atoms with E-state index in [1.807, 2.05) is 13.0 Å². The molecule has 0 aliphatic rings. The lowest BCUT2D eigenvalue weighted by Crippen LogP contribution is -1.93. The van der Waals surface area contributed by atoms with Crippen LogP contribution < -0.4 is 4.74 Å². The summed E-state index contributed by atoms with van der Waals surface area (Å²) in [5, 5.41) is 0. The van der Waals surface area contributed by atoms with Gasteiger partial charge in [0, 0.05) is 10.5 Å². The Hall–Kier alpha value is -1.95. The highest BCUT2D eigenvalue weighted by Gasteiger charge is 2.14. The summed E-state index contributed by atoms with van der Waals surface area (Å²) in [6.45, 7) is 2.42. The van der Waals surface area contributed by atoms with Gasteiger partial charge in [0.25, 0.3) is 0 Å². The van der Waals surface area contributed by atoms with Crippen LogP contribution in [0.1, 0.15) is 6.92 Å². The number of benzene rings is 1. The maximum Gasteiger partial charge on any atom is 0.215 e. The zero-order valence-electron chi connectivity index (χ0n) is 10.7. The zero-order valence-corrected chi connectivity index (χ0v) is 12.2. The molecule has 0 aliphatic carbocycles. The third-order valence-corrected chi connectivity index (χ3v) is 3.47. The molecule has 0 spiro atoms. The molecule has 6 heteroatoms. The van der Waals surface area contributed by atoms with Gasteiger partial charge in [-0.05, 0) is 41.1 Å². The van der Waals surface area contributed by atoms with Crippen LogP contribution in [0.2, 0.25) is 0 Å². The average Bonchev–Trinajstić information content (AvgIpc) is 2.81. The third-order valence-electron chi connectivity index (χ3n) is 2.81. The van der Waals surface area contributed by atoms with Gasteiger partial charge in [0.05, 0.1) is 17.7 Å².